The molecule has 0 unspecified atom stereocenters. The third kappa shape index (κ3) is 8.05. The summed E-state index contributed by atoms with van der Waals surface area (Å²) >= 11 is 0. The molecule has 0 heterocycles. The smallest absolute Gasteiger partial charge is 0.191 e. The summed E-state index contributed by atoms with van der Waals surface area (Å²) in [6.07, 6.45) is 0.906. The van der Waals surface area contributed by atoms with Gasteiger partial charge >= 0.3 is 0 Å². The molecule has 0 saturated carbocycles. The number of benzene rings is 1. The minimum absolute atomic E-state index is 0.111. The predicted octanol–water partition coefficient (Wildman–Crippen LogP) is 2.20. The van der Waals surface area contributed by atoms with E-state index in [4.69, 9.17) is 18.9 Å². The average Bonchev–Trinajstić information content (AvgIpc) is 2.68. The first-order valence-corrected chi connectivity index (χ1v) is 9.22. The summed E-state index contributed by atoms with van der Waals surface area (Å²) in [5.74, 6) is 2.25. The number of nitrogens with zero attached hydrogens (tertiary/aromatic N) is 1. The molecule has 2 N–H and O–H groups in total. The zero-order chi connectivity index (χ0) is 20.1. The Morgan fingerprint density at radius 2 is 1.74 bits per heavy atom. The first-order valence-electron chi connectivity index (χ1n) is 9.22. The highest BCUT2D eigenvalue weighted by Gasteiger charge is 2.22. The molecule has 0 bridgehead atoms. The fraction of sp³-hybridized carbons (Fsp3) is 0.650. The van der Waals surface area contributed by atoms with Gasteiger partial charge in [-0.25, -0.2) is 0 Å². The zero-order valence-corrected chi connectivity index (χ0v) is 17.6. The SMILES string of the molecule is CN=C(NCCCOCCOC)NCC(C)(C)c1ccc(OC)c(OC)c1. The maximum atomic E-state index is 5.45. The van der Waals surface area contributed by atoms with Crippen LogP contribution in [0.15, 0.2) is 23.2 Å². The molecule has 27 heavy (non-hydrogen) atoms. The monoisotopic (exact) mass is 381 g/mol. The molecule has 0 aliphatic rings. The van der Waals surface area contributed by atoms with E-state index < -0.39 is 0 Å². The van der Waals surface area contributed by atoms with Gasteiger partial charge in [-0.1, -0.05) is 19.9 Å². The number of nitrogens with one attached hydrogen (secondary N) is 2. The van der Waals surface area contributed by atoms with Crippen molar-refractivity contribution in [3.8, 4) is 11.5 Å². The van der Waals surface area contributed by atoms with E-state index in [0.29, 0.717) is 19.8 Å². The van der Waals surface area contributed by atoms with Crippen LogP contribution < -0.4 is 20.1 Å². The molecule has 0 atom stereocenters. The van der Waals surface area contributed by atoms with E-state index in [1.165, 1.54) is 0 Å². The third-order valence-corrected chi connectivity index (χ3v) is 4.28. The van der Waals surface area contributed by atoms with Gasteiger partial charge in [0.2, 0.25) is 0 Å². The maximum Gasteiger partial charge on any atom is 0.191 e. The van der Waals surface area contributed by atoms with Gasteiger partial charge in [-0.15, -0.1) is 0 Å². The molecular formula is C20H35N3O4. The van der Waals surface area contributed by atoms with Crippen molar-refractivity contribution in [1.82, 2.24) is 10.6 Å². The number of methoxy groups -OCH3 is 3. The van der Waals surface area contributed by atoms with Crippen molar-refractivity contribution in [2.75, 3.05) is 61.3 Å². The van der Waals surface area contributed by atoms with E-state index in [1.807, 2.05) is 12.1 Å². The molecule has 0 fully saturated rings. The minimum Gasteiger partial charge on any atom is -0.493 e. The molecule has 1 rings (SSSR count). The fourth-order valence-corrected chi connectivity index (χ4v) is 2.51. The van der Waals surface area contributed by atoms with Crippen molar-refractivity contribution >= 4 is 5.96 Å². The van der Waals surface area contributed by atoms with Crippen molar-refractivity contribution in [1.29, 1.82) is 0 Å². The van der Waals surface area contributed by atoms with Crippen LogP contribution in [0.2, 0.25) is 0 Å². The summed E-state index contributed by atoms with van der Waals surface area (Å²) in [6.45, 7) is 7.83. The topological polar surface area (TPSA) is 73.3 Å². The zero-order valence-electron chi connectivity index (χ0n) is 17.6. The standard InChI is InChI=1S/C20H35N3O4/c1-20(2,16-8-9-17(25-5)18(14-16)26-6)15-23-19(21-3)22-10-7-11-27-13-12-24-4/h8-9,14H,7,10-13,15H2,1-6H3,(H2,21,22,23). The first kappa shape index (κ1) is 23.0. The van der Waals surface area contributed by atoms with Crippen LogP contribution in [0.1, 0.15) is 25.8 Å². The lowest BCUT2D eigenvalue weighted by Crippen LogP contribution is -2.43. The Labute approximate surface area is 163 Å². The van der Waals surface area contributed by atoms with Crippen molar-refractivity contribution in [3.05, 3.63) is 23.8 Å². The van der Waals surface area contributed by atoms with Gasteiger partial charge in [-0.2, -0.15) is 0 Å². The molecule has 0 amide bonds. The molecule has 0 aliphatic heterocycles. The molecule has 0 saturated heterocycles. The number of hydrogen-bond donors (Lipinski definition) is 2. The number of hydrogen-bond acceptors (Lipinski definition) is 5. The van der Waals surface area contributed by atoms with Gasteiger partial charge in [0.1, 0.15) is 0 Å². The van der Waals surface area contributed by atoms with Gasteiger partial charge < -0.3 is 29.6 Å². The van der Waals surface area contributed by atoms with Crippen LogP contribution in [-0.2, 0) is 14.9 Å². The van der Waals surface area contributed by atoms with E-state index in [1.54, 1.807) is 28.4 Å². The lowest BCUT2D eigenvalue weighted by atomic mass is 9.84. The summed E-state index contributed by atoms with van der Waals surface area (Å²) in [7, 11) is 6.73. The summed E-state index contributed by atoms with van der Waals surface area (Å²) < 4.78 is 21.1. The quantitative estimate of drug-likeness (QED) is 0.329. The highest BCUT2D eigenvalue weighted by molar-refractivity contribution is 5.79. The van der Waals surface area contributed by atoms with Crippen LogP contribution >= 0.6 is 0 Å². The number of rotatable bonds is 12. The number of guanidine groups is 1. The summed E-state index contributed by atoms with van der Waals surface area (Å²) in [5, 5.41) is 6.70. The van der Waals surface area contributed by atoms with Crippen molar-refractivity contribution in [2.45, 2.75) is 25.7 Å². The molecule has 0 aliphatic carbocycles. The first-order chi connectivity index (χ1) is 13.0. The molecule has 7 heteroatoms. The summed E-state index contributed by atoms with van der Waals surface area (Å²) in [5.41, 5.74) is 1.05. The van der Waals surface area contributed by atoms with E-state index in [9.17, 15) is 0 Å². The maximum absolute atomic E-state index is 5.45. The van der Waals surface area contributed by atoms with Crippen LogP contribution in [-0.4, -0.2) is 67.2 Å². The van der Waals surface area contributed by atoms with Crippen LogP contribution in [0.4, 0.5) is 0 Å². The third-order valence-electron chi connectivity index (χ3n) is 4.28. The van der Waals surface area contributed by atoms with Gasteiger partial charge in [0.15, 0.2) is 17.5 Å². The van der Waals surface area contributed by atoms with E-state index in [0.717, 1.165) is 42.5 Å². The van der Waals surface area contributed by atoms with Crippen LogP contribution in [0.3, 0.4) is 0 Å². The highest BCUT2D eigenvalue weighted by Crippen LogP contribution is 2.32. The Balaban J connectivity index is 2.49. The normalized spacial score (nSPS) is 12.0. The van der Waals surface area contributed by atoms with Crippen molar-refractivity contribution in [3.63, 3.8) is 0 Å². The lowest BCUT2D eigenvalue weighted by molar-refractivity contribution is 0.0698. The molecule has 1 aromatic carbocycles. The Hall–Kier alpha value is -1.99. The second kappa shape index (κ2) is 12.4. The predicted molar refractivity (Wildman–Crippen MR) is 109 cm³/mol. The van der Waals surface area contributed by atoms with E-state index in [2.05, 4.69) is 35.5 Å². The van der Waals surface area contributed by atoms with Gasteiger partial charge in [-0.3, -0.25) is 4.99 Å². The molecule has 7 nitrogen and oxygen atoms in total. The Morgan fingerprint density at radius 1 is 1.00 bits per heavy atom. The fourth-order valence-electron chi connectivity index (χ4n) is 2.51. The molecular weight excluding hydrogens is 346 g/mol. The molecule has 0 spiro atoms. The molecule has 0 aromatic heterocycles. The van der Waals surface area contributed by atoms with Crippen LogP contribution in [0, 0.1) is 0 Å². The van der Waals surface area contributed by atoms with Crippen molar-refractivity contribution < 1.29 is 18.9 Å². The van der Waals surface area contributed by atoms with Crippen LogP contribution in [0.5, 0.6) is 11.5 Å². The van der Waals surface area contributed by atoms with E-state index >= 15 is 0 Å². The van der Waals surface area contributed by atoms with Gasteiger partial charge in [0.25, 0.3) is 0 Å². The Bertz CT molecular complexity index is 576. The second-order valence-corrected chi connectivity index (χ2v) is 6.76. The molecule has 1 aromatic rings. The van der Waals surface area contributed by atoms with Crippen molar-refractivity contribution in [2.24, 2.45) is 4.99 Å². The second-order valence-electron chi connectivity index (χ2n) is 6.76. The molecule has 154 valence electrons. The van der Waals surface area contributed by atoms with E-state index in [-0.39, 0.29) is 5.41 Å². The van der Waals surface area contributed by atoms with Gasteiger partial charge in [0.05, 0.1) is 27.4 Å². The largest absolute Gasteiger partial charge is 0.493 e. The minimum atomic E-state index is -0.111. The highest BCUT2D eigenvalue weighted by atomic mass is 16.5. The van der Waals surface area contributed by atoms with Crippen LogP contribution in [0.25, 0.3) is 0 Å². The summed E-state index contributed by atoms with van der Waals surface area (Å²) in [6, 6.07) is 6.03. The van der Waals surface area contributed by atoms with Gasteiger partial charge in [0, 0.05) is 39.3 Å². The van der Waals surface area contributed by atoms with Gasteiger partial charge in [-0.05, 0) is 24.1 Å². The number of ether oxygens (including phenoxy) is 4. The Kier molecular flexibility index (Phi) is 10.6. The number of aliphatic imine (C=N–C) groups is 1. The summed E-state index contributed by atoms with van der Waals surface area (Å²) in [4.78, 5) is 4.28. The molecule has 0 radical (unpaired) electrons. The Morgan fingerprint density at radius 3 is 2.37 bits per heavy atom. The average molecular weight is 382 g/mol. The lowest BCUT2D eigenvalue weighted by Gasteiger charge is -2.27.